The Hall–Kier alpha value is -1.98. The minimum absolute atomic E-state index is 0.0771. The normalized spacial score (nSPS) is 22.9. The van der Waals surface area contributed by atoms with Crippen LogP contribution in [0.4, 0.5) is 17.6 Å². The standard InChI is InChI=1S/C17H18F4O2/c1-3-23-11(9-18)5-4-10-8-13(19)16(20)15-12(10)6-7-14(22-2)17(15)21/h4-7,13,16H,3,8-9H2,1-2H3/b10-4+,11-5+. The van der Waals surface area contributed by atoms with Gasteiger partial charge in [-0.1, -0.05) is 12.1 Å². The van der Waals surface area contributed by atoms with Crippen molar-refractivity contribution in [3.8, 4) is 5.75 Å². The van der Waals surface area contributed by atoms with E-state index in [9.17, 15) is 17.6 Å². The maximum absolute atomic E-state index is 14.3. The van der Waals surface area contributed by atoms with Crippen LogP contribution in [0.25, 0.3) is 5.57 Å². The molecule has 0 spiro atoms. The molecule has 0 saturated heterocycles. The van der Waals surface area contributed by atoms with Crippen molar-refractivity contribution in [1.82, 2.24) is 0 Å². The van der Waals surface area contributed by atoms with E-state index in [2.05, 4.69) is 0 Å². The second kappa shape index (κ2) is 7.53. The van der Waals surface area contributed by atoms with Crippen LogP contribution in [0.5, 0.6) is 5.75 Å². The first-order valence-electron chi connectivity index (χ1n) is 7.26. The van der Waals surface area contributed by atoms with Crippen molar-refractivity contribution < 1.29 is 27.0 Å². The van der Waals surface area contributed by atoms with E-state index in [0.717, 1.165) is 0 Å². The Morgan fingerprint density at radius 1 is 1.35 bits per heavy atom. The lowest BCUT2D eigenvalue weighted by atomic mass is 9.84. The van der Waals surface area contributed by atoms with Gasteiger partial charge in [-0.3, -0.25) is 0 Å². The molecule has 0 aromatic heterocycles. The van der Waals surface area contributed by atoms with Crippen molar-refractivity contribution in [3.63, 3.8) is 0 Å². The molecule has 126 valence electrons. The number of hydrogen-bond acceptors (Lipinski definition) is 2. The molecule has 0 N–H and O–H groups in total. The molecule has 2 nitrogen and oxygen atoms in total. The first-order chi connectivity index (χ1) is 11.0. The van der Waals surface area contributed by atoms with Gasteiger partial charge in [0.25, 0.3) is 0 Å². The van der Waals surface area contributed by atoms with E-state index in [-0.39, 0.29) is 29.1 Å². The molecule has 0 bridgehead atoms. The van der Waals surface area contributed by atoms with E-state index in [4.69, 9.17) is 9.47 Å². The maximum Gasteiger partial charge on any atom is 0.171 e. The molecule has 0 heterocycles. The summed E-state index contributed by atoms with van der Waals surface area (Å²) >= 11 is 0. The summed E-state index contributed by atoms with van der Waals surface area (Å²) in [5.41, 5.74) is 0.283. The van der Waals surface area contributed by atoms with Gasteiger partial charge in [0.05, 0.1) is 13.7 Å². The number of rotatable bonds is 5. The zero-order valence-corrected chi connectivity index (χ0v) is 12.9. The average Bonchev–Trinajstić information content (AvgIpc) is 2.55. The lowest BCUT2D eigenvalue weighted by Crippen LogP contribution is -2.20. The minimum atomic E-state index is -2.06. The SMILES string of the molecule is CCO/C(=C/C=C1\CC(F)C(F)c2c1ccc(OC)c2F)CF. The Kier molecular flexibility index (Phi) is 5.69. The van der Waals surface area contributed by atoms with Gasteiger partial charge in [0.1, 0.15) is 18.6 Å². The molecule has 0 fully saturated rings. The van der Waals surface area contributed by atoms with E-state index in [1.165, 1.54) is 31.4 Å². The molecule has 0 aliphatic heterocycles. The number of methoxy groups -OCH3 is 1. The monoisotopic (exact) mass is 330 g/mol. The van der Waals surface area contributed by atoms with E-state index >= 15 is 0 Å². The number of ether oxygens (including phenoxy) is 2. The van der Waals surface area contributed by atoms with Gasteiger partial charge in [-0.25, -0.2) is 17.6 Å². The van der Waals surface area contributed by atoms with Gasteiger partial charge in [0.2, 0.25) is 0 Å². The van der Waals surface area contributed by atoms with E-state index < -0.39 is 24.8 Å². The fraction of sp³-hybridized carbons (Fsp3) is 0.412. The zero-order chi connectivity index (χ0) is 17.0. The Morgan fingerprint density at radius 3 is 2.70 bits per heavy atom. The van der Waals surface area contributed by atoms with Crippen LogP contribution in [-0.2, 0) is 4.74 Å². The van der Waals surface area contributed by atoms with Crippen molar-refractivity contribution in [2.24, 2.45) is 0 Å². The molecule has 1 aliphatic carbocycles. The van der Waals surface area contributed by atoms with E-state index in [1.54, 1.807) is 6.92 Å². The summed E-state index contributed by atoms with van der Waals surface area (Å²) < 4.78 is 64.9. The van der Waals surface area contributed by atoms with Crippen molar-refractivity contribution >= 4 is 5.57 Å². The molecular formula is C17H18F4O2. The van der Waals surface area contributed by atoms with Crippen LogP contribution in [0.2, 0.25) is 0 Å². The smallest absolute Gasteiger partial charge is 0.171 e. The molecule has 0 amide bonds. The van der Waals surface area contributed by atoms with Gasteiger partial charge in [-0.15, -0.1) is 0 Å². The average molecular weight is 330 g/mol. The third kappa shape index (κ3) is 3.51. The molecule has 6 heteroatoms. The number of allylic oxidation sites excluding steroid dienone is 4. The lowest BCUT2D eigenvalue weighted by Gasteiger charge is -2.26. The number of halogens is 4. The summed E-state index contributed by atoms with van der Waals surface area (Å²) in [6, 6.07) is 2.83. The molecule has 23 heavy (non-hydrogen) atoms. The molecule has 2 rings (SSSR count). The molecule has 2 unspecified atom stereocenters. The number of hydrogen-bond donors (Lipinski definition) is 0. The maximum atomic E-state index is 14.3. The first kappa shape index (κ1) is 17.4. The summed E-state index contributed by atoms with van der Waals surface area (Å²) in [5, 5.41) is 0. The Balaban J connectivity index is 2.50. The van der Waals surface area contributed by atoms with Crippen LogP contribution in [0.15, 0.2) is 30.0 Å². The van der Waals surface area contributed by atoms with Crippen molar-refractivity contribution in [3.05, 3.63) is 47.0 Å². The summed E-state index contributed by atoms with van der Waals surface area (Å²) in [6.45, 7) is 1.19. The predicted molar refractivity (Wildman–Crippen MR) is 80.0 cm³/mol. The highest BCUT2D eigenvalue weighted by Gasteiger charge is 2.35. The van der Waals surface area contributed by atoms with Gasteiger partial charge in [0, 0.05) is 12.0 Å². The fourth-order valence-electron chi connectivity index (χ4n) is 2.55. The summed E-state index contributed by atoms with van der Waals surface area (Å²) in [7, 11) is 1.25. The molecule has 1 aromatic carbocycles. The number of alkyl halides is 3. The number of fused-ring (bicyclic) bond motifs is 1. The van der Waals surface area contributed by atoms with Gasteiger partial charge >= 0.3 is 0 Å². The summed E-state index contributed by atoms with van der Waals surface area (Å²) in [6.07, 6.45) is -1.36. The van der Waals surface area contributed by atoms with Gasteiger partial charge in [-0.05, 0) is 30.2 Å². The van der Waals surface area contributed by atoms with Crippen molar-refractivity contribution in [1.29, 1.82) is 0 Å². The Bertz CT molecular complexity index is 625. The minimum Gasteiger partial charge on any atom is -0.495 e. The van der Waals surface area contributed by atoms with Crippen LogP contribution in [0.3, 0.4) is 0 Å². The van der Waals surface area contributed by atoms with Crippen LogP contribution >= 0.6 is 0 Å². The second-order valence-electron chi connectivity index (χ2n) is 5.06. The van der Waals surface area contributed by atoms with E-state index in [1.807, 2.05) is 0 Å². The van der Waals surface area contributed by atoms with Crippen LogP contribution in [-0.4, -0.2) is 26.6 Å². The van der Waals surface area contributed by atoms with Gasteiger partial charge in [0.15, 0.2) is 17.7 Å². The molecular weight excluding hydrogens is 312 g/mol. The highest BCUT2D eigenvalue weighted by atomic mass is 19.2. The third-order valence-corrected chi connectivity index (χ3v) is 3.65. The third-order valence-electron chi connectivity index (χ3n) is 3.65. The quantitative estimate of drug-likeness (QED) is 0.567. The Morgan fingerprint density at radius 2 is 2.09 bits per heavy atom. The zero-order valence-electron chi connectivity index (χ0n) is 12.9. The van der Waals surface area contributed by atoms with Gasteiger partial charge < -0.3 is 9.47 Å². The highest BCUT2D eigenvalue weighted by molar-refractivity contribution is 5.73. The predicted octanol–water partition coefficient (Wildman–Crippen LogP) is 4.86. The molecule has 0 saturated carbocycles. The molecule has 1 aromatic rings. The summed E-state index contributed by atoms with van der Waals surface area (Å²) in [5.74, 6) is -0.979. The topological polar surface area (TPSA) is 18.5 Å². The fourth-order valence-corrected chi connectivity index (χ4v) is 2.55. The number of benzene rings is 1. The first-order valence-corrected chi connectivity index (χ1v) is 7.26. The van der Waals surface area contributed by atoms with Crippen LogP contribution < -0.4 is 4.74 Å². The van der Waals surface area contributed by atoms with Crippen LogP contribution in [0.1, 0.15) is 30.6 Å². The lowest BCUT2D eigenvalue weighted by molar-refractivity contribution is 0.162. The summed E-state index contributed by atoms with van der Waals surface area (Å²) in [4.78, 5) is 0. The van der Waals surface area contributed by atoms with Crippen LogP contribution in [0, 0.1) is 5.82 Å². The Labute approximate surface area is 132 Å². The van der Waals surface area contributed by atoms with E-state index in [0.29, 0.717) is 12.2 Å². The molecule has 2 atom stereocenters. The second-order valence-corrected chi connectivity index (χ2v) is 5.06. The largest absolute Gasteiger partial charge is 0.495 e. The van der Waals surface area contributed by atoms with Crippen molar-refractivity contribution in [2.45, 2.75) is 25.7 Å². The molecule has 0 radical (unpaired) electrons. The highest BCUT2D eigenvalue weighted by Crippen LogP contribution is 2.44. The molecule has 1 aliphatic rings. The van der Waals surface area contributed by atoms with Gasteiger partial charge in [-0.2, -0.15) is 0 Å². The van der Waals surface area contributed by atoms with Crippen molar-refractivity contribution in [2.75, 3.05) is 20.4 Å².